The number of aliphatic hydroxyl groups excluding tert-OH is 2. The molecule has 1 fully saturated rings. The lowest BCUT2D eigenvalue weighted by Gasteiger charge is -2.23. The number of nitrogens with zero attached hydrogens (tertiary/aromatic N) is 5. The van der Waals surface area contributed by atoms with Crippen LogP contribution in [0.2, 0.25) is 0 Å². The number of nitrogen functional groups attached to an aromatic ring is 1. The number of imidazole rings is 1. The van der Waals surface area contributed by atoms with Crippen molar-refractivity contribution in [1.29, 1.82) is 0 Å². The lowest BCUT2D eigenvalue weighted by Crippen LogP contribution is -2.39. The van der Waals surface area contributed by atoms with Crippen molar-refractivity contribution < 1.29 is 14.9 Å². The molecule has 0 amide bonds. The van der Waals surface area contributed by atoms with Gasteiger partial charge in [-0.15, -0.1) is 0 Å². The zero-order valence-corrected chi connectivity index (χ0v) is 14.0. The van der Waals surface area contributed by atoms with Crippen LogP contribution in [0.4, 0.5) is 5.82 Å². The van der Waals surface area contributed by atoms with E-state index >= 15 is 0 Å². The molecular formula is C15H23N7O3. The standard InChI is InChI=1S/C15H23N7O3/c1-8(3-16)4-21(2)5-9-11(23)12(24)15(25-9)22-7-20-10-13(17)18-6-19-14(10)22/h6-7,9,11-12,15,23-24H,1,3-5,16H2,2H3,(H2,17,18,19)/t9-,11-,12-,15-/m1/s1. The summed E-state index contributed by atoms with van der Waals surface area (Å²) in [6, 6.07) is 0. The number of anilines is 1. The molecule has 25 heavy (non-hydrogen) atoms. The molecular weight excluding hydrogens is 326 g/mol. The molecule has 3 heterocycles. The molecule has 10 heteroatoms. The van der Waals surface area contributed by atoms with E-state index in [0.29, 0.717) is 30.8 Å². The fraction of sp³-hybridized carbons (Fsp3) is 0.533. The predicted octanol–water partition coefficient (Wildman–Crippen LogP) is -1.53. The summed E-state index contributed by atoms with van der Waals surface area (Å²) in [4.78, 5) is 14.1. The van der Waals surface area contributed by atoms with Gasteiger partial charge in [-0.2, -0.15) is 0 Å². The van der Waals surface area contributed by atoms with Gasteiger partial charge in [0.25, 0.3) is 0 Å². The van der Waals surface area contributed by atoms with E-state index in [0.717, 1.165) is 5.57 Å². The number of hydrogen-bond acceptors (Lipinski definition) is 9. The maximum atomic E-state index is 10.4. The van der Waals surface area contributed by atoms with E-state index in [1.807, 2.05) is 11.9 Å². The van der Waals surface area contributed by atoms with Gasteiger partial charge in [0, 0.05) is 19.6 Å². The number of nitrogens with two attached hydrogens (primary N) is 2. The summed E-state index contributed by atoms with van der Waals surface area (Å²) in [7, 11) is 1.87. The van der Waals surface area contributed by atoms with Gasteiger partial charge in [0.2, 0.25) is 0 Å². The first-order valence-electron chi connectivity index (χ1n) is 7.92. The molecule has 0 aliphatic carbocycles. The molecule has 0 bridgehead atoms. The highest BCUT2D eigenvalue weighted by Gasteiger charge is 2.44. The first-order chi connectivity index (χ1) is 11.9. The molecule has 136 valence electrons. The summed E-state index contributed by atoms with van der Waals surface area (Å²) in [6.07, 6.45) is -0.770. The maximum absolute atomic E-state index is 10.4. The number of hydrogen-bond donors (Lipinski definition) is 4. The van der Waals surface area contributed by atoms with Crippen molar-refractivity contribution in [2.24, 2.45) is 5.73 Å². The van der Waals surface area contributed by atoms with Crippen molar-refractivity contribution >= 4 is 17.0 Å². The second-order valence-electron chi connectivity index (χ2n) is 6.28. The van der Waals surface area contributed by atoms with Crippen LogP contribution in [-0.4, -0.2) is 79.6 Å². The fourth-order valence-electron chi connectivity index (χ4n) is 2.98. The van der Waals surface area contributed by atoms with Gasteiger partial charge in [-0.25, -0.2) is 15.0 Å². The summed E-state index contributed by atoms with van der Waals surface area (Å²) in [5, 5.41) is 20.8. The maximum Gasteiger partial charge on any atom is 0.167 e. The number of aliphatic hydroxyl groups is 2. The number of likely N-dealkylation sites (N-methyl/N-ethyl adjacent to an activating group) is 1. The van der Waals surface area contributed by atoms with Gasteiger partial charge in [0.1, 0.15) is 30.2 Å². The summed E-state index contributed by atoms with van der Waals surface area (Å²) in [5.74, 6) is 0.244. The molecule has 0 spiro atoms. The summed E-state index contributed by atoms with van der Waals surface area (Å²) in [6.45, 7) is 5.26. The summed E-state index contributed by atoms with van der Waals surface area (Å²) in [5.41, 5.74) is 13.1. The van der Waals surface area contributed by atoms with Crippen LogP contribution in [0, 0.1) is 0 Å². The topological polar surface area (TPSA) is 149 Å². The molecule has 10 nitrogen and oxygen atoms in total. The van der Waals surface area contributed by atoms with Crippen molar-refractivity contribution in [2.75, 3.05) is 32.4 Å². The minimum Gasteiger partial charge on any atom is -0.387 e. The first kappa shape index (κ1) is 17.7. The van der Waals surface area contributed by atoms with Crippen molar-refractivity contribution in [3.63, 3.8) is 0 Å². The van der Waals surface area contributed by atoms with Crippen LogP contribution in [0.3, 0.4) is 0 Å². The SMILES string of the molecule is C=C(CN)CN(C)C[C@H]1O[C@@H](n2cnc3c(N)ncnc32)[C@H](O)[C@@H]1O. The van der Waals surface area contributed by atoms with E-state index in [2.05, 4.69) is 21.5 Å². The highest BCUT2D eigenvalue weighted by molar-refractivity contribution is 5.81. The molecule has 1 aliphatic heterocycles. The monoisotopic (exact) mass is 349 g/mol. The van der Waals surface area contributed by atoms with Crippen molar-refractivity contribution in [1.82, 2.24) is 24.4 Å². The molecule has 0 unspecified atom stereocenters. The van der Waals surface area contributed by atoms with E-state index in [4.69, 9.17) is 16.2 Å². The zero-order chi connectivity index (χ0) is 18.1. The molecule has 2 aromatic heterocycles. The van der Waals surface area contributed by atoms with E-state index in [-0.39, 0.29) is 5.82 Å². The molecule has 2 aromatic rings. The van der Waals surface area contributed by atoms with Gasteiger partial charge in [-0.3, -0.25) is 9.47 Å². The van der Waals surface area contributed by atoms with Gasteiger partial charge >= 0.3 is 0 Å². The third-order valence-electron chi connectivity index (χ3n) is 4.27. The average molecular weight is 349 g/mol. The minimum atomic E-state index is -1.12. The van der Waals surface area contributed by atoms with Crippen LogP contribution in [0.1, 0.15) is 6.23 Å². The Bertz CT molecular complexity index is 765. The lowest BCUT2D eigenvalue weighted by atomic mass is 10.1. The molecule has 0 aromatic carbocycles. The Morgan fingerprint density at radius 3 is 2.84 bits per heavy atom. The molecule has 6 N–H and O–H groups in total. The van der Waals surface area contributed by atoms with E-state index in [9.17, 15) is 10.2 Å². The normalized spacial score (nSPS) is 26.6. The Labute approximate surface area is 144 Å². The Hall–Kier alpha value is -2.11. The average Bonchev–Trinajstić information content (AvgIpc) is 3.12. The molecule has 0 radical (unpaired) electrons. The molecule has 4 atom stereocenters. The Morgan fingerprint density at radius 2 is 2.12 bits per heavy atom. The van der Waals surface area contributed by atoms with Crippen LogP contribution in [-0.2, 0) is 4.74 Å². The highest BCUT2D eigenvalue weighted by Crippen LogP contribution is 2.32. The minimum absolute atomic E-state index is 0.244. The van der Waals surface area contributed by atoms with E-state index < -0.39 is 24.5 Å². The second kappa shape index (κ2) is 7.02. The van der Waals surface area contributed by atoms with Crippen molar-refractivity contribution in [3.05, 3.63) is 24.8 Å². The number of rotatable bonds is 6. The zero-order valence-electron chi connectivity index (χ0n) is 14.0. The first-order valence-corrected chi connectivity index (χ1v) is 7.92. The molecule has 1 saturated heterocycles. The largest absolute Gasteiger partial charge is 0.387 e. The van der Waals surface area contributed by atoms with Crippen LogP contribution in [0.15, 0.2) is 24.8 Å². The Balaban J connectivity index is 1.77. The highest BCUT2D eigenvalue weighted by atomic mass is 16.6. The lowest BCUT2D eigenvalue weighted by molar-refractivity contribution is -0.0416. The summed E-state index contributed by atoms with van der Waals surface area (Å²) >= 11 is 0. The quantitative estimate of drug-likeness (QED) is 0.456. The van der Waals surface area contributed by atoms with Gasteiger partial charge in [0.15, 0.2) is 17.7 Å². The summed E-state index contributed by atoms with van der Waals surface area (Å²) < 4.78 is 7.44. The van der Waals surface area contributed by atoms with Crippen LogP contribution in [0.5, 0.6) is 0 Å². The van der Waals surface area contributed by atoms with E-state index in [1.54, 1.807) is 4.57 Å². The Kier molecular flexibility index (Phi) is 4.97. The van der Waals surface area contributed by atoms with Crippen molar-refractivity contribution in [2.45, 2.75) is 24.5 Å². The predicted molar refractivity (Wildman–Crippen MR) is 91.4 cm³/mol. The van der Waals surface area contributed by atoms with Gasteiger partial charge in [-0.1, -0.05) is 6.58 Å². The van der Waals surface area contributed by atoms with E-state index in [1.165, 1.54) is 12.7 Å². The van der Waals surface area contributed by atoms with Crippen LogP contribution >= 0.6 is 0 Å². The second-order valence-corrected chi connectivity index (χ2v) is 6.28. The van der Waals surface area contributed by atoms with Gasteiger partial charge in [0.05, 0.1) is 6.33 Å². The number of fused-ring (bicyclic) bond motifs is 1. The van der Waals surface area contributed by atoms with Gasteiger partial charge in [-0.05, 0) is 12.6 Å². The van der Waals surface area contributed by atoms with Crippen molar-refractivity contribution in [3.8, 4) is 0 Å². The molecule has 0 saturated carbocycles. The number of ether oxygens (including phenoxy) is 1. The third-order valence-corrected chi connectivity index (χ3v) is 4.27. The number of aromatic nitrogens is 4. The fourth-order valence-corrected chi connectivity index (χ4v) is 2.98. The molecule has 3 rings (SSSR count). The molecule has 1 aliphatic rings. The van der Waals surface area contributed by atoms with Crippen LogP contribution in [0.25, 0.3) is 11.2 Å². The smallest absolute Gasteiger partial charge is 0.167 e. The Morgan fingerprint density at radius 1 is 1.36 bits per heavy atom. The van der Waals surface area contributed by atoms with Crippen LogP contribution < -0.4 is 11.5 Å². The van der Waals surface area contributed by atoms with Gasteiger partial charge < -0.3 is 26.4 Å². The third kappa shape index (κ3) is 3.34.